The van der Waals surface area contributed by atoms with Crippen LogP contribution in [0.5, 0.6) is 0 Å². The maximum Gasteiger partial charge on any atom is 0.255 e. The molecule has 0 radical (unpaired) electrons. The van der Waals surface area contributed by atoms with Gasteiger partial charge in [0.1, 0.15) is 18.1 Å². The quantitative estimate of drug-likeness (QED) is 0.667. The lowest BCUT2D eigenvalue weighted by Crippen LogP contribution is -2.24. The molecule has 3 rings (SSSR count). The first-order valence-electron chi connectivity index (χ1n) is 7.71. The molecular weight excluding hydrogens is 356 g/mol. The molecule has 0 saturated carbocycles. The van der Waals surface area contributed by atoms with Crippen molar-refractivity contribution in [3.63, 3.8) is 0 Å². The molecule has 0 aliphatic rings. The summed E-state index contributed by atoms with van der Waals surface area (Å²) in [5.74, 6) is -2.23. The summed E-state index contributed by atoms with van der Waals surface area (Å²) in [5, 5.41) is 17.6. The van der Waals surface area contributed by atoms with Crippen LogP contribution >= 0.6 is 0 Å². The second-order valence-corrected chi connectivity index (χ2v) is 5.45. The molecular formula is C17H13F2N7O. The standard InChI is InChI=1S/C17H13F2N7O/c1-26-9-11(7-23-26)24-17-22-8-14(19)15(25-17)10-2-3-12(13(18)6-10)16(27)21-5-4-20/h2-3,6-9H,5H2,1H3,(H,21,27)(H,22,24,25). The zero-order chi connectivity index (χ0) is 19.4. The van der Waals surface area contributed by atoms with E-state index in [0.29, 0.717) is 5.69 Å². The first kappa shape index (κ1) is 17.9. The van der Waals surface area contributed by atoms with E-state index in [1.54, 1.807) is 30.2 Å². The van der Waals surface area contributed by atoms with Gasteiger partial charge in [0.2, 0.25) is 5.95 Å². The van der Waals surface area contributed by atoms with Crippen LogP contribution in [0.25, 0.3) is 11.3 Å². The number of aromatic nitrogens is 4. The number of carbonyl (C=O) groups is 1. The molecule has 0 unspecified atom stereocenters. The zero-order valence-corrected chi connectivity index (χ0v) is 14.1. The Kier molecular flexibility index (Phi) is 5.03. The Morgan fingerprint density at radius 2 is 2.11 bits per heavy atom. The van der Waals surface area contributed by atoms with E-state index in [4.69, 9.17) is 5.26 Å². The predicted molar refractivity (Wildman–Crippen MR) is 91.8 cm³/mol. The fraction of sp³-hybridized carbons (Fsp3) is 0.118. The van der Waals surface area contributed by atoms with Gasteiger partial charge in [0.05, 0.1) is 29.7 Å². The number of carbonyl (C=O) groups excluding carboxylic acids is 1. The zero-order valence-electron chi connectivity index (χ0n) is 14.1. The van der Waals surface area contributed by atoms with E-state index < -0.39 is 17.5 Å². The van der Waals surface area contributed by atoms with Crippen LogP contribution in [0.3, 0.4) is 0 Å². The van der Waals surface area contributed by atoms with Gasteiger partial charge in [-0.3, -0.25) is 9.48 Å². The molecule has 0 saturated heterocycles. The summed E-state index contributed by atoms with van der Waals surface area (Å²) in [6.45, 7) is -0.246. The molecule has 3 aromatic rings. The van der Waals surface area contributed by atoms with Gasteiger partial charge < -0.3 is 10.6 Å². The highest BCUT2D eigenvalue weighted by Crippen LogP contribution is 2.24. The summed E-state index contributed by atoms with van der Waals surface area (Å²) < 4.78 is 30.0. The van der Waals surface area contributed by atoms with Crippen LogP contribution in [0.4, 0.5) is 20.4 Å². The van der Waals surface area contributed by atoms with Gasteiger partial charge in [0.25, 0.3) is 5.91 Å². The molecule has 136 valence electrons. The SMILES string of the molecule is Cn1cc(Nc2ncc(F)c(-c3ccc(C(=O)NCC#N)c(F)c3)n2)cn1. The van der Waals surface area contributed by atoms with Gasteiger partial charge in [0, 0.05) is 18.8 Å². The van der Waals surface area contributed by atoms with Crippen molar-refractivity contribution in [2.75, 3.05) is 11.9 Å². The number of anilines is 2. The van der Waals surface area contributed by atoms with Crippen molar-refractivity contribution in [1.29, 1.82) is 5.26 Å². The highest BCUT2D eigenvalue weighted by atomic mass is 19.1. The molecule has 2 heterocycles. The molecule has 0 fully saturated rings. The molecule has 0 bridgehead atoms. The Bertz CT molecular complexity index is 1040. The first-order valence-corrected chi connectivity index (χ1v) is 7.71. The van der Waals surface area contributed by atoms with Crippen LogP contribution in [0.15, 0.2) is 36.8 Å². The summed E-state index contributed by atoms with van der Waals surface area (Å²) in [6, 6.07) is 5.29. The van der Waals surface area contributed by atoms with E-state index in [0.717, 1.165) is 12.3 Å². The van der Waals surface area contributed by atoms with Crippen molar-refractivity contribution in [2.24, 2.45) is 7.05 Å². The Morgan fingerprint density at radius 3 is 2.78 bits per heavy atom. The van der Waals surface area contributed by atoms with Gasteiger partial charge in [0.15, 0.2) is 5.82 Å². The van der Waals surface area contributed by atoms with Crippen LogP contribution in [0, 0.1) is 23.0 Å². The Labute approximate surface area is 152 Å². The second-order valence-electron chi connectivity index (χ2n) is 5.45. The van der Waals surface area contributed by atoms with Crippen LogP contribution in [0.1, 0.15) is 10.4 Å². The lowest BCUT2D eigenvalue weighted by Gasteiger charge is -2.08. The molecule has 27 heavy (non-hydrogen) atoms. The maximum absolute atomic E-state index is 14.3. The molecule has 10 heteroatoms. The Hall–Kier alpha value is -3.87. The van der Waals surface area contributed by atoms with Gasteiger partial charge >= 0.3 is 0 Å². The fourth-order valence-corrected chi connectivity index (χ4v) is 2.31. The van der Waals surface area contributed by atoms with Crippen LogP contribution < -0.4 is 10.6 Å². The number of amides is 1. The van der Waals surface area contributed by atoms with E-state index in [2.05, 4.69) is 25.7 Å². The molecule has 0 atom stereocenters. The Balaban J connectivity index is 1.89. The minimum absolute atomic E-state index is 0.107. The van der Waals surface area contributed by atoms with Crippen molar-refractivity contribution in [2.45, 2.75) is 0 Å². The van der Waals surface area contributed by atoms with Crippen molar-refractivity contribution < 1.29 is 13.6 Å². The predicted octanol–water partition coefficient (Wildman–Crippen LogP) is 2.15. The number of halogens is 2. The highest BCUT2D eigenvalue weighted by Gasteiger charge is 2.16. The first-order chi connectivity index (χ1) is 13.0. The number of benzene rings is 1. The van der Waals surface area contributed by atoms with E-state index in [1.807, 2.05) is 0 Å². The number of rotatable bonds is 5. The minimum Gasteiger partial charge on any atom is -0.339 e. The lowest BCUT2D eigenvalue weighted by molar-refractivity contribution is 0.0954. The fourth-order valence-electron chi connectivity index (χ4n) is 2.31. The van der Waals surface area contributed by atoms with E-state index in [-0.39, 0.29) is 29.3 Å². The molecule has 0 aliphatic heterocycles. The monoisotopic (exact) mass is 369 g/mol. The van der Waals surface area contributed by atoms with E-state index in [1.165, 1.54) is 12.1 Å². The maximum atomic E-state index is 14.3. The lowest BCUT2D eigenvalue weighted by atomic mass is 10.1. The third-order valence-corrected chi connectivity index (χ3v) is 3.52. The average Bonchev–Trinajstić information content (AvgIpc) is 3.06. The molecule has 2 aromatic heterocycles. The second kappa shape index (κ2) is 7.57. The van der Waals surface area contributed by atoms with Crippen molar-refractivity contribution in [3.05, 3.63) is 54.0 Å². The van der Waals surface area contributed by atoms with Gasteiger partial charge in [-0.15, -0.1) is 0 Å². The number of nitrogens with one attached hydrogen (secondary N) is 2. The largest absolute Gasteiger partial charge is 0.339 e. The normalized spacial score (nSPS) is 10.3. The molecule has 0 aliphatic carbocycles. The Morgan fingerprint density at radius 1 is 1.30 bits per heavy atom. The van der Waals surface area contributed by atoms with Crippen molar-refractivity contribution in [1.82, 2.24) is 25.1 Å². The molecule has 1 aromatic carbocycles. The summed E-state index contributed by atoms with van der Waals surface area (Å²) >= 11 is 0. The minimum atomic E-state index is -0.859. The summed E-state index contributed by atoms with van der Waals surface area (Å²) in [7, 11) is 1.74. The molecule has 0 spiro atoms. The highest BCUT2D eigenvalue weighted by molar-refractivity contribution is 5.95. The third kappa shape index (κ3) is 4.04. The third-order valence-electron chi connectivity index (χ3n) is 3.52. The van der Waals surface area contributed by atoms with Gasteiger partial charge in [-0.1, -0.05) is 6.07 Å². The number of aryl methyl sites for hydroxylation is 1. The smallest absolute Gasteiger partial charge is 0.255 e. The van der Waals surface area contributed by atoms with Gasteiger partial charge in [-0.25, -0.2) is 18.7 Å². The van der Waals surface area contributed by atoms with Crippen LogP contribution in [-0.4, -0.2) is 32.2 Å². The number of hydrogen-bond donors (Lipinski definition) is 2. The summed E-state index contributed by atoms with van der Waals surface area (Å²) in [5.41, 5.74) is 0.362. The van der Waals surface area contributed by atoms with Crippen LogP contribution in [-0.2, 0) is 7.05 Å². The number of nitriles is 1. The average molecular weight is 369 g/mol. The summed E-state index contributed by atoms with van der Waals surface area (Å²) in [6.07, 6.45) is 4.19. The molecule has 2 N–H and O–H groups in total. The number of nitrogens with zero attached hydrogens (tertiary/aromatic N) is 5. The van der Waals surface area contributed by atoms with Gasteiger partial charge in [-0.05, 0) is 12.1 Å². The van der Waals surface area contributed by atoms with Gasteiger partial charge in [-0.2, -0.15) is 10.4 Å². The van der Waals surface area contributed by atoms with Crippen LogP contribution in [0.2, 0.25) is 0 Å². The van der Waals surface area contributed by atoms with Crippen molar-refractivity contribution >= 4 is 17.5 Å². The van der Waals surface area contributed by atoms with Crippen molar-refractivity contribution in [3.8, 4) is 17.3 Å². The summed E-state index contributed by atoms with van der Waals surface area (Å²) in [4.78, 5) is 19.7. The molecule has 1 amide bonds. The van der Waals surface area contributed by atoms with E-state index >= 15 is 0 Å². The topological polar surface area (TPSA) is 109 Å². The van der Waals surface area contributed by atoms with E-state index in [9.17, 15) is 13.6 Å². The number of hydrogen-bond acceptors (Lipinski definition) is 6. The molecule has 8 nitrogen and oxygen atoms in total.